The quantitative estimate of drug-likeness (QED) is 0.729. The van der Waals surface area contributed by atoms with E-state index >= 15 is 0 Å². The number of nitrogens with zero attached hydrogens (tertiary/aromatic N) is 3. The molecule has 30 heavy (non-hydrogen) atoms. The van der Waals surface area contributed by atoms with Gasteiger partial charge in [-0.2, -0.15) is 18.3 Å². The number of carbonyl (C=O) groups is 2. The molecule has 0 aromatic carbocycles. The number of nitrogens with one attached hydrogen (secondary N) is 1. The second kappa shape index (κ2) is 10.0. The highest BCUT2D eigenvalue weighted by Gasteiger charge is 2.43. The van der Waals surface area contributed by atoms with Gasteiger partial charge in [0, 0.05) is 26.6 Å². The maximum atomic E-state index is 11.3. The van der Waals surface area contributed by atoms with Crippen molar-refractivity contribution in [2.24, 2.45) is 0 Å². The molecule has 2 saturated heterocycles. The van der Waals surface area contributed by atoms with Crippen LogP contribution >= 0.6 is 0 Å². The molecule has 2 aliphatic rings. The number of aromatic nitrogens is 2. The van der Waals surface area contributed by atoms with E-state index in [1.54, 1.807) is 7.05 Å². The fourth-order valence-corrected chi connectivity index (χ4v) is 3.23. The van der Waals surface area contributed by atoms with Crippen LogP contribution in [0.1, 0.15) is 25.0 Å². The van der Waals surface area contributed by atoms with Crippen molar-refractivity contribution < 1.29 is 37.3 Å². The van der Waals surface area contributed by atoms with E-state index in [0.717, 1.165) is 43.9 Å². The van der Waals surface area contributed by atoms with Gasteiger partial charge in [0.2, 0.25) is 5.91 Å². The molecule has 2 N–H and O–H groups in total. The lowest BCUT2D eigenvalue weighted by Crippen LogP contribution is -2.44. The van der Waals surface area contributed by atoms with Gasteiger partial charge in [-0.3, -0.25) is 4.79 Å². The first kappa shape index (κ1) is 23.8. The molecule has 168 valence electrons. The number of alkyl halides is 3. The highest BCUT2D eigenvalue weighted by atomic mass is 19.4. The smallest absolute Gasteiger partial charge is 0.475 e. The predicted octanol–water partition coefficient (Wildman–Crippen LogP) is 1.31. The summed E-state index contributed by atoms with van der Waals surface area (Å²) in [4.78, 5) is 22.4. The minimum Gasteiger partial charge on any atom is -0.475 e. The Morgan fingerprint density at radius 1 is 1.33 bits per heavy atom. The Bertz CT molecular complexity index is 722. The molecule has 1 spiro atoms. The van der Waals surface area contributed by atoms with Crippen molar-refractivity contribution in [3.8, 4) is 0 Å². The summed E-state index contributed by atoms with van der Waals surface area (Å²) in [6.45, 7) is 4.42. The summed E-state index contributed by atoms with van der Waals surface area (Å²) >= 11 is 0. The van der Waals surface area contributed by atoms with E-state index in [2.05, 4.69) is 20.4 Å². The van der Waals surface area contributed by atoms with E-state index in [0.29, 0.717) is 6.61 Å². The lowest BCUT2D eigenvalue weighted by molar-refractivity contribution is -0.192. The zero-order valence-electron chi connectivity index (χ0n) is 16.7. The van der Waals surface area contributed by atoms with Crippen molar-refractivity contribution in [1.29, 1.82) is 0 Å². The topological polar surface area (TPSA) is 114 Å². The van der Waals surface area contributed by atoms with Gasteiger partial charge in [0.25, 0.3) is 0 Å². The number of likely N-dealkylation sites (N-methyl/N-ethyl adjacent to an activating group) is 1. The van der Waals surface area contributed by atoms with E-state index in [1.807, 2.05) is 19.1 Å². The molecule has 9 nitrogen and oxygen atoms in total. The number of anilines is 1. The van der Waals surface area contributed by atoms with Gasteiger partial charge >= 0.3 is 12.1 Å². The second-order valence-corrected chi connectivity index (χ2v) is 7.13. The van der Waals surface area contributed by atoms with E-state index < -0.39 is 12.1 Å². The molecule has 0 saturated carbocycles. The average Bonchev–Trinajstić information content (AvgIpc) is 3.10. The first-order chi connectivity index (χ1) is 14.0. The van der Waals surface area contributed by atoms with Crippen LogP contribution in [-0.4, -0.2) is 78.4 Å². The van der Waals surface area contributed by atoms with Crippen LogP contribution in [0, 0.1) is 6.92 Å². The monoisotopic (exact) mass is 434 g/mol. The molecule has 3 heterocycles. The van der Waals surface area contributed by atoms with Crippen molar-refractivity contribution in [1.82, 2.24) is 15.5 Å². The Balaban J connectivity index is 0.000000396. The second-order valence-electron chi connectivity index (χ2n) is 7.13. The van der Waals surface area contributed by atoms with Crippen LogP contribution in [0.5, 0.6) is 0 Å². The molecule has 0 bridgehead atoms. The third kappa shape index (κ3) is 6.80. The normalized spacial score (nSPS) is 20.4. The molecule has 1 unspecified atom stereocenters. The van der Waals surface area contributed by atoms with Crippen LogP contribution in [-0.2, 0) is 19.1 Å². The van der Waals surface area contributed by atoms with Crippen LogP contribution in [0.4, 0.5) is 19.0 Å². The molecule has 2 fully saturated rings. The van der Waals surface area contributed by atoms with E-state index in [9.17, 15) is 18.0 Å². The third-order valence-electron chi connectivity index (χ3n) is 4.93. The number of halogens is 3. The SMILES string of the molecule is CNC(=O)COC1COC2(CCN(c3ccc(C)nn3)CC2)C1.O=C(O)C(F)(F)F. The van der Waals surface area contributed by atoms with Gasteiger partial charge in [0.1, 0.15) is 6.61 Å². The van der Waals surface area contributed by atoms with E-state index in [4.69, 9.17) is 19.4 Å². The molecule has 0 radical (unpaired) electrons. The summed E-state index contributed by atoms with van der Waals surface area (Å²) in [7, 11) is 1.61. The molecule has 0 aliphatic carbocycles. The van der Waals surface area contributed by atoms with Gasteiger partial charge in [-0.05, 0) is 31.9 Å². The zero-order valence-corrected chi connectivity index (χ0v) is 16.7. The molecule has 1 aromatic heterocycles. The van der Waals surface area contributed by atoms with Crippen LogP contribution in [0.2, 0.25) is 0 Å². The number of aliphatic carboxylic acids is 1. The number of piperidine rings is 1. The summed E-state index contributed by atoms with van der Waals surface area (Å²) in [5.74, 6) is -1.93. The molecule has 3 rings (SSSR count). The Hall–Kier alpha value is -2.47. The maximum Gasteiger partial charge on any atom is 0.490 e. The number of hydrogen-bond acceptors (Lipinski definition) is 7. The number of rotatable bonds is 4. The maximum absolute atomic E-state index is 11.3. The van der Waals surface area contributed by atoms with Crippen molar-refractivity contribution in [3.05, 3.63) is 17.8 Å². The van der Waals surface area contributed by atoms with Crippen molar-refractivity contribution >= 4 is 17.7 Å². The van der Waals surface area contributed by atoms with Gasteiger partial charge in [-0.1, -0.05) is 0 Å². The number of carboxylic acid groups (broad SMARTS) is 1. The van der Waals surface area contributed by atoms with Crippen LogP contribution < -0.4 is 10.2 Å². The number of aryl methyl sites for hydroxylation is 1. The first-order valence-electron chi connectivity index (χ1n) is 9.36. The fraction of sp³-hybridized carbons (Fsp3) is 0.667. The number of hydrogen-bond donors (Lipinski definition) is 2. The summed E-state index contributed by atoms with van der Waals surface area (Å²) < 4.78 is 43.4. The number of carboxylic acids is 1. The number of ether oxygens (including phenoxy) is 2. The molecular weight excluding hydrogens is 409 g/mol. The molecule has 1 amide bonds. The number of carbonyl (C=O) groups excluding carboxylic acids is 1. The van der Waals surface area contributed by atoms with Crippen LogP contribution in [0.3, 0.4) is 0 Å². The van der Waals surface area contributed by atoms with E-state index in [1.165, 1.54) is 0 Å². The highest BCUT2D eigenvalue weighted by molar-refractivity contribution is 5.76. The van der Waals surface area contributed by atoms with Crippen molar-refractivity contribution in [2.45, 2.75) is 44.1 Å². The highest BCUT2D eigenvalue weighted by Crippen LogP contribution is 2.37. The Morgan fingerprint density at radius 2 is 1.97 bits per heavy atom. The van der Waals surface area contributed by atoms with Gasteiger partial charge in [0.05, 0.1) is 24.0 Å². The van der Waals surface area contributed by atoms with Crippen LogP contribution in [0.25, 0.3) is 0 Å². The van der Waals surface area contributed by atoms with Gasteiger partial charge in [-0.15, -0.1) is 5.10 Å². The molecule has 2 aliphatic heterocycles. The fourth-order valence-electron chi connectivity index (χ4n) is 3.23. The minimum atomic E-state index is -5.08. The Morgan fingerprint density at radius 3 is 2.47 bits per heavy atom. The minimum absolute atomic E-state index is 0.0121. The van der Waals surface area contributed by atoms with Crippen LogP contribution in [0.15, 0.2) is 12.1 Å². The summed E-state index contributed by atoms with van der Waals surface area (Å²) in [6.07, 6.45) is -2.32. The summed E-state index contributed by atoms with van der Waals surface area (Å²) in [6, 6.07) is 4.01. The third-order valence-corrected chi connectivity index (χ3v) is 4.93. The molecular formula is C18H25F3N4O5. The largest absolute Gasteiger partial charge is 0.490 e. The Labute approximate surface area is 171 Å². The molecule has 12 heteroatoms. The predicted molar refractivity (Wildman–Crippen MR) is 99.0 cm³/mol. The first-order valence-corrected chi connectivity index (χ1v) is 9.36. The van der Waals surface area contributed by atoms with Gasteiger partial charge in [0.15, 0.2) is 5.82 Å². The summed E-state index contributed by atoms with van der Waals surface area (Å²) in [5.41, 5.74) is 0.819. The zero-order chi connectivity index (χ0) is 22.4. The van der Waals surface area contributed by atoms with Crippen molar-refractivity contribution in [3.63, 3.8) is 0 Å². The lowest BCUT2D eigenvalue weighted by atomic mass is 9.88. The van der Waals surface area contributed by atoms with Crippen molar-refractivity contribution in [2.75, 3.05) is 38.3 Å². The average molecular weight is 434 g/mol. The van der Waals surface area contributed by atoms with E-state index in [-0.39, 0.29) is 24.2 Å². The molecule has 1 atom stereocenters. The lowest BCUT2D eigenvalue weighted by Gasteiger charge is -2.38. The molecule has 1 aromatic rings. The Kier molecular flexibility index (Phi) is 7.96. The number of amides is 1. The van der Waals surface area contributed by atoms with Gasteiger partial charge in [-0.25, -0.2) is 4.79 Å². The standard InChI is InChI=1S/C16H24N4O3.C2HF3O2/c1-12-3-4-14(19-18-12)20-7-5-16(6-8-20)9-13(10-23-16)22-11-15(21)17-2;3-2(4,5)1(6)7/h3-4,13H,5-11H2,1-2H3,(H,17,21);(H,6,7). The summed E-state index contributed by atoms with van der Waals surface area (Å²) in [5, 5.41) is 18.1. The van der Waals surface area contributed by atoms with Gasteiger partial charge < -0.3 is 24.8 Å².